The number of aromatic nitrogens is 2. The average Bonchev–Trinajstić information content (AvgIpc) is 3.92. The summed E-state index contributed by atoms with van der Waals surface area (Å²) < 4.78 is 50.3. The van der Waals surface area contributed by atoms with E-state index in [1.165, 1.54) is 12.1 Å². The number of rotatable bonds is 7. The fourth-order valence-corrected chi connectivity index (χ4v) is 11.2. The van der Waals surface area contributed by atoms with Crippen molar-refractivity contribution in [3.8, 4) is 79.1 Å². The summed E-state index contributed by atoms with van der Waals surface area (Å²) in [7, 11) is 0. The molecule has 0 N–H and O–H groups in total. The molecular weight excluding hydrogens is 918 g/mol. The predicted molar refractivity (Wildman–Crippen MR) is 296 cm³/mol. The number of hydrogen-bond acceptors (Lipinski definition) is 2. The van der Waals surface area contributed by atoms with Crippen molar-refractivity contribution >= 4 is 43.6 Å². The van der Waals surface area contributed by atoms with Gasteiger partial charge in [-0.2, -0.15) is 23.7 Å². The molecule has 0 atom stereocenters. The van der Waals surface area contributed by atoms with E-state index in [9.17, 15) is 10.5 Å². The second kappa shape index (κ2) is 17.7. The van der Waals surface area contributed by atoms with Crippen molar-refractivity contribution in [2.24, 2.45) is 0 Å². The van der Waals surface area contributed by atoms with Gasteiger partial charge >= 0.3 is 6.18 Å². The Bertz CT molecular complexity index is 3940. The summed E-state index contributed by atoms with van der Waals surface area (Å²) in [4.78, 5) is 0. The average molecular weight is 963 g/mol. The number of aryl methyl sites for hydroxylation is 4. The lowest BCUT2D eigenvalue weighted by Gasteiger charge is -2.21. The van der Waals surface area contributed by atoms with Crippen LogP contribution in [-0.4, -0.2) is 9.13 Å². The first-order valence-corrected chi connectivity index (χ1v) is 24.5. The third kappa shape index (κ3) is 7.44. The molecule has 0 amide bonds. The second-order valence-corrected chi connectivity index (χ2v) is 19.2. The monoisotopic (exact) mass is 962 g/mol. The molecule has 12 aromatic rings. The molecule has 0 spiro atoms. The van der Waals surface area contributed by atoms with Gasteiger partial charge in [-0.05, 0) is 173 Å². The Balaban J connectivity index is 1.23. The Labute approximate surface area is 426 Å². The Morgan fingerprint density at radius 3 is 1.00 bits per heavy atom. The lowest BCUT2D eigenvalue weighted by Crippen LogP contribution is -2.10. The number of fused-ring (bicyclic) bond motifs is 6. The lowest BCUT2D eigenvalue weighted by atomic mass is 9.92. The summed E-state index contributed by atoms with van der Waals surface area (Å²) >= 11 is 0. The summed E-state index contributed by atoms with van der Waals surface area (Å²) in [6, 6.07) is 69.8. The molecule has 12 rings (SSSR count). The molecule has 74 heavy (non-hydrogen) atoms. The molecule has 0 unspecified atom stereocenters. The molecular formula is C67H45F3N4. The third-order valence-corrected chi connectivity index (χ3v) is 14.8. The van der Waals surface area contributed by atoms with Gasteiger partial charge in [0.25, 0.3) is 0 Å². The van der Waals surface area contributed by atoms with Crippen LogP contribution in [0.25, 0.3) is 111 Å². The van der Waals surface area contributed by atoms with Crippen molar-refractivity contribution < 1.29 is 13.2 Å². The minimum Gasteiger partial charge on any atom is -0.308 e. The summed E-state index contributed by atoms with van der Waals surface area (Å²) in [6.07, 6.45) is -4.81. The first-order valence-electron chi connectivity index (χ1n) is 24.5. The van der Waals surface area contributed by atoms with Crippen LogP contribution in [0, 0.1) is 50.4 Å². The second-order valence-electron chi connectivity index (χ2n) is 19.2. The summed E-state index contributed by atoms with van der Waals surface area (Å²) in [6.45, 7) is 8.34. The van der Waals surface area contributed by atoms with E-state index >= 15 is 13.2 Å². The van der Waals surface area contributed by atoms with E-state index in [1.54, 1.807) is 12.1 Å². The molecule has 0 aliphatic rings. The summed E-state index contributed by atoms with van der Waals surface area (Å²) in [5, 5.41) is 26.1. The van der Waals surface area contributed by atoms with E-state index in [0.717, 1.165) is 116 Å². The van der Waals surface area contributed by atoms with Gasteiger partial charge in [-0.15, -0.1) is 0 Å². The standard InChI is InChI=1S/C67H45F3N4/c1-40-14-5-9-19-50(40)44-24-28-60-54(32-44)55-33-45(51-20-10-6-15-41(51)2)25-29-61(55)73(60)64-36-49(66-48(38-71)18-13-23-59(66)67(68,69)70)37-65(58(64)39-72)74-62-30-26-46(52-21-11-7-16-42(52)3)34-56(62)57-35-47(27-31-63(57)74)53-22-12-8-17-43(53)4/h5-37H,1-4H3. The van der Waals surface area contributed by atoms with Gasteiger partial charge in [0.15, 0.2) is 0 Å². The molecule has 0 saturated heterocycles. The molecule has 2 heterocycles. The van der Waals surface area contributed by atoms with Crippen molar-refractivity contribution in [2.75, 3.05) is 0 Å². The first kappa shape index (κ1) is 45.7. The molecule has 0 aliphatic carbocycles. The minimum absolute atomic E-state index is 0.137. The third-order valence-electron chi connectivity index (χ3n) is 14.8. The van der Waals surface area contributed by atoms with Crippen molar-refractivity contribution in [1.82, 2.24) is 9.13 Å². The molecule has 0 radical (unpaired) electrons. The number of nitriles is 2. The molecule has 10 aromatic carbocycles. The molecule has 354 valence electrons. The van der Waals surface area contributed by atoms with E-state index in [2.05, 4.69) is 137 Å². The fraction of sp³-hybridized carbons (Fsp3) is 0.0746. The number of hydrogen-bond donors (Lipinski definition) is 0. The number of nitrogens with zero attached hydrogens (tertiary/aromatic N) is 4. The maximum Gasteiger partial charge on any atom is 0.417 e. The van der Waals surface area contributed by atoms with Crippen molar-refractivity contribution in [2.45, 2.75) is 33.9 Å². The highest BCUT2D eigenvalue weighted by Crippen LogP contribution is 2.46. The Hall–Kier alpha value is -9.43. The summed E-state index contributed by atoms with van der Waals surface area (Å²) in [5.74, 6) is 0. The van der Waals surface area contributed by atoms with Crippen LogP contribution >= 0.6 is 0 Å². The van der Waals surface area contributed by atoms with Crippen LogP contribution in [0.3, 0.4) is 0 Å². The number of alkyl halides is 3. The molecule has 0 saturated carbocycles. The van der Waals surface area contributed by atoms with Crippen molar-refractivity contribution in [3.05, 3.63) is 239 Å². The van der Waals surface area contributed by atoms with Gasteiger partial charge in [0, 0.05) is 27.1 Å². The zero-order valence-electron chi connectivity index (χ0n) is 41.0. The van der Waals surface area contributed by atoms with Crippen molar-refractivity contribution in [3.63, 3.8) is 0 Å². The molecule has 4 nitrogen and oxygen atoms in total. The van der Waals surface area contributed by atoms with Gasteiger partial charge < -0.3 is 9.13 Å². The molecule has 7 heteroatoms. The van der Waals surface area contributed by atoms with Crippen LogP contribution in [0.5, 0.6) is 0 Å². The van der Waals surface area contributed by atoms with Crippen molar-refractivity contribution in [1.29, 1.82) is 10.5 Å². The predicted octanol–water partition coefficient (Wildman–Crippen LogP) is 18.2. The largest absolute Gasteiger partial charge is 0.417 e. The Kier molecular flexibility index (Phi) is 10.9. The lowest BCUT2D eigenvalue weighted by molar-refractivity contribution is -0.137. The number of halogens is 3. The highest BCUT2D eigenvalue weighted by atomic mass is 19.4. The normalized spacial score (nSPS) is 11.7. The minimum atomic E-state index is -4.81. The molecule has 2 aromatic heterocycles. The SMILES string of the molecule is Cc1ccccc1-c1ccc2c(c1)c1cc(-c3ccccc3C)ccc1n2-c1cc(-c2c(C#N)cccc2C(F)(F)F)cc(-n2c3ccc(-c4ccccc4C)cc3c3cc(-c4ccccc4C)ccc32)c1C#N. The van der Waals surface area contributed by atoms with Crippen LogP contribution in [-0.2, 0) is 6.18 Å². The van der Waals surface area contributed by atoms with Gasteiger partial charge in [0.1, 0.15) is 11.6 Å². The van der Waals surface area contributed by atoms with Gasteiger partial charge in [-0.25, -0.2) is 0 Å². The van der Waals surface area contributed by atoms with E-state index in [0.29, 0.717) is 11.4 Å². The first-order chi connectivity index (χ1) is 35.9. The topological polar surface area (TPSA) is 57.4 Å². The smallest absolute Gasteiger partial charge is 0.308 e. The van der Waals surface area contributed by atoms with Gasteiger partial charge in [0.2, 0.25) is 0 Å². The van der Waals surface area contributed by atoms with Crippen LogP contribution in [0.1, 0.15) is 38.9 Å². The highest BCUT2D eigenvalue weighted by Gasteiger charge is 2.36. The quantitative estimate of drug-likeness (QED) is 0.160. The zero-order valence-corrected chi connectivity index (χ0v) is 41.0. The van der Waals surface area contributed by atoms with Crippen LogP contribution < -0.4 is 0 Å². The molecule has 0 aliphatic heterocycles. The van der Waals surface area contributed by atoms with E-state index in [1.807, 2.05) is 81.9 Å². The maximum absolute atomic E-state index is 15.4. The van der Waals surface area contributed by atoms with E-state index in [4.69, 9.17) is 0 Å². The highest BCUT2D eigenvalue weighted by molar-refractivity contribution is 6.14. The maximum atomic E-state index is 15.4. The fourth-order valence-electron chi connectivity index (χ4n) is 11.2. The van der Waals surface area contributed by atoms with Gasteiger partial charge in [-0.1, -0.05) is 127 Å². The Morgan fingerprint density at radius 2 is 0.703 bits per heavy atom. The van der Waals surface area contributed by atoms with Crippen LogP contribution in [0.2, 0.25) is 0 Å². The zero-order chi connectivity index (χ0) is 51.0. The van der Waals surface area contributed by atoms with Crippen LogP contribution in [0.4, 0.5) is 13.2 Å². The van der Waals surface area contributed by atoms with Gasteiger partial charge in [-0.3, -0.25) is 0 Å². The van der Waals surface area contributed by atoms with Gasteiger partial charge in [0.05, 0.1) is 50.6 Å². The van der Waals surface area contributed by atoms with E-state index < -0.39 is 11.7 Å². The number of benzene rings is 10. The Morgan fingerprint density at radius 1 is 0.365 bits per heavy atom. The molecule has 0 bridgehead atoms. The van der Waals surface area contributed by atoms with Crippen LogP contribution in [0.15, 0.2) is 200 Å². The molecule has 0 fully saturated rings. The van der Waals surface area contributed by atoms with E-state index in [-0.39, 0.29) is 22.3 Å². The summed E-state index contributed by atoms with van der Waals surface area (Å²) in [5.41, 5.74) is 15.6.